The van der Waals surface area contributed by atoms with Gasteiger partial charge in [-0.25, -0.2) is 5.01 Å². The van der Waals surface area contributed by atoms with Crippen LogP contribution in [0.2, 0.25) is 0 Å². The van der Waals surface area contributed by atoms with Gasteiger partial charge in [-0.1, -0.05) is 6.07 Å². The number of rotatable bonds is 4. The van der Waals surface area contributed by atoms with Crippen LogP contribution in [0, 0.1) is 24.0 Å². The minimum atomic E-state index is -0.407. The number of aryl methyl sites for hydroxylation is 1. The van der Waals surface area contributed by atoms with Gasteiger partial charge in [-0.3, -0.25) is 15.1 Å². The highest BCUT2D eigenvalue weighted by atomic mass is 32.1. The van der Waals surface area contributed by atoms with E-state index in [1.807, 2.05) is 19.1 Å². The molecule has 0 aliphatic carbocycles. The second kappa shape index (κ2) is 7.69. The maximum Gasteiger partial charge on any atom is 0.269 e. The molecule has 9 heteroatoms. The van der Waals surface area contributed by atoms with Gasteiger partial charge in [-0.05, 0) is 55.4 Å². The molecule has 1 aliphatic heterocycles. The van der Waals surface area contributed by atoms with Crippen molar-refractivity contribution >= 4 is 45.1 Å². The first-order valence-electron chi connectivity index (χ1n) is 8.85. The third kappa shape index (κ3) is 3.74. The summed E-state index contributed by atoms with van der Waals surface area (Å²) in [5.41, 5.74) is 4.62. The fourth-order valence-corrected chi connectivity index (χ4v) is 4.43. The van der Waals surface area contributed by atoms with E-state index in [1.54, 1.807) is 40.9 Å². The Balaban J connectivity index is 1.83. The van der Waals surface area contributed by atoms with E-state index >= 15 is 0 Å². The van der Waals surface area contributed by atoms with Gasteiger partial charge >= 0.3 is 0 Å². The van der Waals surface area contributed by atoms with Crippen molar-refractivity contribution in [3.05, 3.63) is 86.0 Å². The van der Waals surface area contributed by atoms with Gasteiger partial charge in [-0.2, -0.15) is 5.10 Å². The van der Waals surface area contributed by atoms with E-state index in [9.17, 15) is 10.1 Å². The predicted octanol–water partition coefficient (Wildman–Crippen LogP) is 4.63. The SMILES string of the molecule is Cc1sc2c(c1C)C(c1ccc([N+](=O)[O-])cc1)=NN(Cc1cccnc1)C(=S)N2. The van der Waals surface area contributed by atoms with E-state index in [-0.39, 0.29) is 5.69 Å². The van der Waals surface area contributed by atoms with Gasteiger partial charge in [0.25, 0.3) is 5.69 Å². The first-order valence-corrected chi connectivity index (χ1v) is 10.1. The van der Waals surface area contributed by atoms with Crippen LogP contribution in [-0.2, 0) is 6.54 Å². The maximum atomic E-state index is 11.0. The normalized spacial score (nSPS) is 13.4. The summed E-state index contributed by atoms with van der Waals surface area (Å²) in [6.07, 6.45) is 3.50. The van der Waals surface area contributed by atoms with E-state index in [2.05, 4.69) is 17.2 Å². The molecule has 0 amide bonds. The zero-order valence-electron chi connectivity index (χ0n) is 15.7. The molecule has 29 heavy (non-hydrogen) atoms. The molecule has 1 aromatic carbocycles. The van der Waals surface area contributed by atoms with Gasteiger partial charge in [-0.15, -0.1) is 11.3 Å². The Labute approximate surface area is 176 Å². The zero-order chi connectivity index (χ0) is 20.5. The van der Waals surface area contributed by atoms with Crippen LogP contribution in [0.25, 0.3) is 0 Å². The lowest BCUT2D eigenvalue weighted by molar-refractivity contribution is -0.384. The highest BCUT2D eigenvalue weighted by Gasteiger charge is 2.26. The van der Waals surface area contributed by atoms with E-state index in [0.717, 1.165) is 33.0 Å². The molecule has 0 fully saturated rings. The first-order chi connectivity index (χ1) is 13.9. The van der Waals surface area contributed by atoms with Crippen molar-refractivity contribution in [3.8, 4) is 0 Å². The molecule has 0 radical (unpaired) electrons. The first kappa shape index (κ1) is 19.2. The number of nitro benzene ring substituents is 1. The summed E-state index contributed by atoms with van der Waals surface area (Å²) in [5.74, 6) is 0. The number of nitrogens with zero attached hydrogens (tertiary/aromatic N) is 4. The molecule has 0 spiro atoms. The maximum absolute atomic E-state index is 11.0. The van der Waals surface area contributed by atoms with Crippen LogP contribution < -0.4 is 5.32 Å². The van der Waals surface area contributed by atoms with Gasteiger partial charge in [0.05, 0.1) is 11.5 Å². The molecule has 1 N–H and O–H groups in total. The summed E-state index contributed by atoms with van der Waals surface area (Å²) in [7, 11) is 0. The van der Waals surface area contributed by atoms with Crippen LogP contribution >= 0.6 is 23.6 Å². The molecule has 0 saturated carbocycles. The quantitative estimate of drug-likeness (QED) is 0.374. The van der Waals surface area contributed by atoms with Crippen LogP contribution in [0.1, 0.15) is 27.1 Å². The number of benzene rings is 1. The second-order valence-electron chi connectivity index (χ2n) is 6.59. The fraction of sp³-hybridized carbons (Fsp3) is 0.150. The molecule has 4 rings (SSSR count). The number of fused-ring (bicyclic) bond motifs is 1. The van der Waals surface area contributed by atoms with Crippen molar-refractivity contribution in [1.29, 1.82) is 0 Å². The number of non-ortho nitro benzene ring substituents is 1. The Hall–Kier alpha value is -3.17. The molecule has 3 heterocycles. The van der Waals surface area contributed by atoms with Gasteiger partial charge in [0.15, 0.2) is 5.11 Å². The van der Waals surface area contributed by atoms with Crippen LogP contribution in [0.3, 0.4) is 0 Å². The minimum absolute atomic E-state index is 0.0438. The van der Waals surface area contributed by atoms with Crippen molar-refractivity contribution < 1.29 is 4.92 Å². The van der Waals surface area contributed by atoms with Crippen LogP contribution in [0.4, 0.5) is 10.7 Å². The number of hydrogen-bond donors (Lipinski definition) is 1. The number of thiophene rings is 1. The summed E-state index contributed by atoms with van der Waals surface area (Å²) in [6.45, 7) is 4.57. The highest BCUT2D eigenvalue weighted by Crippen LogP contribution is 2.36. The molecule has 7 nitrogen and oxygen atoms in total. The van der Waals surface area contributed by atoms with E-state index in [0.29, 0.717) is 11.7 Å². The van der Waals surface area contributed by atoms with Crippen molar-refractivity contribution in [2.45, 2.75) is 20.4 Å². The number of thiocarbonyl (C=S) groups is 1. The fourth-order valence-electron chi connectivity index (χ4n) is 3.09. The molecular formula is C20H17N5O2S2. The van der Waals surface area contributed by atoms with Crippen LogP contribution in [0.15, 0.2) is 53.9 Å². The van der Waals surface area contributed by atoms with E-state index in [1.165, 1.54) is 17.0 Å². The van der Waals surface area contributed by atoms with E-state index < -0.39 is 4.92 Å². The summed E-state index contributed by atoms with van der Waals surface area (Å²) in [4.78, 5) is 15.9. The zero-order valence-corrected chi connectivity index (χ0v) is 17.4. The summed E-state index contributed by atoms with van der Waals surface area (Å²) in [5, 5.41) is 22.4. The molecular weight excluding hydrogens is 406 g/mol. The number of pyridine rings is 1. The minimum Gasteiger partial charge on any atom is -0.322 e. The largest absolute Gasteiger partial charge is 0.322 e. The Morgan fingerprint density at radius 3 is 2.66 bits per heavy atom. The van der Waals surface area contributed by atoms with Crippen molar-refractivity contribution in [3.63, 3.8) is 0 Å². The molecule has 0 atom stereocenters. The molecule has 0 bridgehead atoms. The summed E-state index contributed by atoms with van der Waals surface area (Å²) >= 11 is 7.23. The van der Waals surface area contributed by atoms with Crippen LogP contribution in [-0.4, -0.2) is 25.7 Å². The third-order valence-corrected chi connectivity index (χ3v) is 6.14. The topological polar surface area (TPSA) is 83.7 Å². The predicted molar refractivity (Wildman–Crippen MR) is 119 cm³/mol. The standard InChI is InChI=1S/C20H17N5O2S2/c1-12-13(2)29-19-17(12)18(15-5-7-16(8-6-15)25(26)27)23-24(20(28)22-19)11-14-4-3-9-21-10-14/h3-10H,11H2,1-2H3,(H,22,28). The van der Waals surface area contributed by atoms with Gasteiger partial charge < -0.3 is 5.32 Å². The Bertz CT molecular complexity index is 1120. The van der Waals surface area contributed by atoms with Gasteiger partial charge in [0, 0.05) is 40.5 Å². The van der Waals surface area contributed by atoms with E-state index in [4.69, 9.17) is 17.3 Å². The smallest absolute Gasteiger partial charge is 0.269 e. The highest BCUT2D eigenvalue weighted by molar-refractivity contribution is 7.80. The Morgan fingerprint density at radius 2 is 2.00 bits per heavy atom. The Kier molecular flexibility index (Phi) is 5.08. The second-order valence-corrected chi connectivity index (χ2v) is 8.20. The molecule has 146 valence electrons. The molecule has 3 aromatic rings. The number of anilines is 1. The lowest BCUT2D eigenvalue weighted by atomic mass is 10.00. The monoisotopic (exact) mass is 423 g/mol. The number of nitrogens with one attached hydrogen (secondary N) is 1. The molecule has 2 aromatic heterocycles. The number of nitro groups is 1. The number of hydrazone groups is 1. The third-order valence-electron chi connectivity index (χ3n) is 4.70. The summed E-state index contributed by atoms with van der Waals surface area (Å²) < 4.78 is 0. The van der Waals surface area contributed by atoms with Gasteiger partial charge in [0.1, 0.15) is 10.7 Å². The van der Waals surface area contributed by atoms with Crippen LogP contribution in [0.5, 0.6) is 0 Å². The molecule has 1 aliphatic rings. The van der Waals surface area contributed by atoms with Crippen molar-refractivity contribution in [2.75, 3.05) is 5.32 Å². The van der Waals surface area contributed by atoms with Crippen molar-refractivity contribution in [2.24, 2.45) is 5.10 Å². The lowest BCUT2D eigenvalue weighted by Crippen LogP contribution is -2.29. The summed E-state index contributed by atoms with van der Waals surface area (Å²) in [6, 6.07) is 10.3. The van der Waals surface area contributed by atoms with Gasteiger partial charge in [0.2, 0.25) is 0 Å². The molecule has 0 unspecified atom stereocenters. The number of aromatic nitrogens is 1. The number of hydrogen-bond acceptors (Lipinski definition) is 6. The lowest BCUT2D eigenvalue weighted by Gasteiger charge is -2.19. The average molecular weight is 424 g/mol. The average Bonchev–Trinajstić information content (AvgIpc) is 2.91. The Morgan fingerprint density at radius 1 is 1.24 bits per heavy atom. The van der Waals surface area contributed by atoms with Crippen molar-refractivity contribution in [1.82, 2.24) is 9.99 Å². The molecule has 0 saturated heterocycles.